The van der Waals surface area contributed by atoms with Crippen molar-refractivity contribution in [1.29, 1.82) is 0 Å². The fourth-order valence-corrected chi connectivity index (χ4v) is 3.02. The molecule has 0 saturated heterocycles. The number of aliphatic hydroxyl groups is 2. The maximum atomic E-state index is 11.7. The Hall–Kier alpha value is -1.45. The summed E-state index contributed by atoms with van der Waals surface area (Å²) >= 11 is 3.26. The second kappa shape index (κ2) is 4.29. The first-order valence-corrected chi connectivity index (χ1v) is 6.54. The number of rotatable bonds is 2. The summed E-state index contributed by atoms with van der Waals surface area (Å²) in [5.41, 5.74) is 5.60. The molecule has 0 aromatic carbocycles. The molecule has 3 unspecified atom stereocenters. The lowest BCUT2D eigenvalue weighted by Crippen LogP contribution is -2.45. The third-order valence-corrected chi connectivity index (χ3v) is 4.07. The minimum absolute atomic E-state index is 0.00123. The number of nitrogen functional groups attached to an aromatic ring is 1. The van der Waals surface area contributed by atoms with Crippen LogP contribution in [0, 0.1) is 5.92 Å². The summed E-state index contributed by atoms with van der Waals surface area (Å²) in [7, 11) is 0. The topological polar surface area (TPSA) is 130 Å². The molecule has 8 nitrogen and oxygen atoms in total. The van der Waals surface area contributed by atoms with Gasteiger partial charge in [-0.2, -0.15) is 4.98 Å². The summed E-state index contributed by atoms with van der Waals surface area (Å²) in [6.07, 6.45) is -0.100. The molecular formula is C10H12BrN5O3. The van der Waals surface area contributed by atoms with Crippen LogP contribution in [0.4, 0.5) is 5.95 Å². The number of hydrogen-bond donors (Lipinski definition) is 4. The number of nitrogens with two attached hydrogens (primary N) is 1. The van der Waals surface area contributed by atoms with Crippen molar-refractivity contribution < 1.29 is 10.2 Å². The molecule has 0 aliphatic heterocycles. The average Bonchev–Trinajstić information content (AvgIpc) is 2.66. The summed E-state index contributed by atoms with van der Waals surface area (Å²) in [6.45, 7) is -0.0714. The zero-order chi connectivity index (χ0) is 13.7. The van der Waals surface area contributed by atoms with E-state index in [1.807, 2.05) is 0 Å². The Morgan fingerprint density at radius 1 is 1.53 bits per heavy atom. The fourth-order valence-electron chi connectivity index (χ4n) is 2.42. The lowest BCUT2D eigenvalue weighted by Gasteiger charge is -2.41. The Balaban J connectivity index is 2.14. The van der Waals surface area contributed by atoms with E-state index in [1.165, 1.54) is 0 Å². The molecule has 2 heterocycles. The lowest BCUT2D eigenvalue weighted by molar-refractivity contribution is -0.0558. The summed E-state index contributed by atoms with van der Waals surface area (Å²) in [4.78, 5) is 22.2. The van der Waals surface area contributed by atoms with Crippen molar-refractivity contribution >= 4 is 33.0 Å². The third kappa shape index (κ3) is 1.77. The second-order valence-corrected chi connectivity index (χ2v) is 5.32. The molecule has 2 aromatic heterocycles. The van der Waals surface area contributed by atoms with Gasteiger partial charge in [-0.05, 0) is 22.4 Å². The lowest BCUT2D eigenvalue weighted by atomic mass is 9.77. The number of nitrogens with one attached hydrogen (secondary N) is 1. The predicted molar refractivity (Wildman–Crippen MR) is 70.5 cm³/mol. The number of imidazole rings is 1. The van der Waals surface area contributed by atoms with Crippen LogP contribution < -0.4 is 11.3 Å². The average molecular weight is 330 g/mol. The van der Waals surface area contributed by atoms with Crippen LogP contribution in [0.25, 0.3) is 11.2 Å². The highest BCUT2D eigenvalue weighted by atomic mass is 79.9. The Labute approximate surface area is 115 Å². The zero-order valence-electron chi connectivity index (χ0n) is 9.75. The number of hydrogen-bond acceptors (Lipinski definition) is 6. The van der Waals surface area contributed by atoms with Gasteiger partial charge in [-0.15, -0.1) is 0 Å². The minimum Gasteiger partial charge on any atom is -0.396 e. The van der Waals surface area contributed by atoms with Crippen molar-refractivity contribution in [2.75, 3.05) is 12.3 Å². The molecule has 102 valence electrons. The van der Waals surface area contributed by atoms with Crippen LogP contribution in [0.2, 0.25) is 0 Å². The van der Waals surface area contributed by atoms with E-state index in [1.54, 1.807) is 4.57 Å². The second-order valence-electron chi connectivity index (χ2n) is 4.61. The van der Waals surface area contributed by atoms with Gasteiger partial charge in [0.15, 0.2) is 15.9 Å². The normalized spacial score (nSPS) is 26.6. The van der Waals surface area contributed by atoms with Crippen LogP contribution in [0.3, 0.4) is 0 Å². The van der Waals surface area contributed by atoms with Gasteiger partial charge in [-0.3, -0.25) is 14.3 Å². The molecule has 9 heteroatoms. The van der Waals surface area contributed by atoms with Gasteiger partial charge in [-0.25, -0.2) is 4.98 Å². The summed E-state index contributed by atoms with van der Waals surface area (Å²) in [5, 5.41) is 19.0. The van der Waals surface area contributed by atoms with E-state index >= 15 is 0 Å². The summed E-state index contributed by atoms with van der Waals surface area (Å²) in [6, 6.07) is -0.273. The number of anilines is 1. The van der Waals surface area contributed by atoms with Gasteiger partial charge >= 0.3 is 0 Å². The van der Waals surface area contributed by atoms with Gasteiger partial charge < -0.3 is 15.9 Å². The first kappa shape index (κ1) is 12.6. The summed E-state index contributed by atoms with van der Waals surface area (Å²) < 4.78 is 2.05. The van der Waals surface area contributed by atoms with Gasteiger partial charge in [0.25, 0.3) is 5.56 Å². The van der Waals surface area contributed by atoms with E-state index in [0.29, 0.717) is 16.8 Å². The van der Waals surface area contributed by atoms with Crippen LogP contribution in [0.5, 0.6) is 0 Å². The molecule has 0 amide bonds. The largest absolute Gasteiger partial charge is 0.396 e. The van der Waals surface area contributed by atoms with Crippen molar-refractivity contribution in [1.82, 2.24) is 19.5 Å². The van der Waals surface area contributed by atoms with E-state index in [4.69, 9.17) is 10.8 Å². The van der Waals surface area contributed by atoms with Gasteiger partial charge in [0.2, 0.25) is 5.95 Å². The zero-order valence-corrected chi connectivity index (χ0v) is 11.3. The van der Waals surface area contributed by atoms with Gasteiger partial charge in [-0.1, -0.05) is 0 Å². The van der Waals surface area contributed by atoms with E-state index in [2.05, 4.69) is 30.9 Å². The van der Waals surface area contributed by atoms with Crippen LogP contribution in [0.15, 0.2) is 9.53 Å². The molecule has 0 radical (unpaired) electrons. The molecule has 5 N–H and O–H groups in total. The molecule has 2 aromatic rings. The van der Waals surface area contributed by atoms with Crippen molar-refractivity contribution in [2.24, 2.45) is 5.92 Å². The third-order valence-electron chi connectivity index (χ3n) is 3.51. The quantitative estimate of drug-likeness (QED) is 0.543. The molecular weight excluding hydrogens is 318 g/mol. The standard InChI is InChI=1S/C10H12BrN5O3/c11-9-13-5-7(14-10(12)15-8(5)19)16(9)4-1-3(2-17)6(4)18/h3-4,6,17-18H,1-2H2,(H3,12,14,15,19). The van der Waals surface area contributed by atoms with Crippen molar-refractivity contribution in [2.45, 2.75) is 18.6 Å². The van der Waals surface area contributed by atoms with Crippen LogP contribution in [-0.2, 0) is 0 Å². The number of fused-ring (bicyclic) bond motifs is 1. The molecule has 19 heavy (non-hydrogen) atoms. The van der Waals surface area contributed by atoms with E-state index < -0.39 is 11.7 Å². The van der Waals surface area contributed by atoms with E-state index in [9.17, 15) is 9.90 Å². The molecule has 0 spiro atoms. The van der Waals surface area contributed by atoms with Crippen LogP contribution in [0.1, 0.15) is 12.5 Å². The maximum absolute atomic E-state index is 11.7. The van der Waals surface area contributed by atoms with Crippen molar-refractivity contribution in [3.8, 4) is 0 Å². The Kier molecular flexibility index (Phi) is 2.84. The number of H-pyrrole nitrogens is 1. The van der Waals surface area contributed by atoms with Gasteiger partial charge in [0.1, 0.15) is 0 Å². The van der Waals surface area contributed by atoms with Gasteiger partial charge in [0.05, 0.1) is 12.1 Å². The van der Waals surface area contributed by atoms with E-state index in [-0.39, 0.29) is 30.0 Å². The maximum Gasteiger partial charge on any atom is 0.280 e. The molecule has 3 atom stereocenters. The Bertz CT molecular complexity index is 696. The number of aromatic nitrogens is 4. The van der Waals surface area contributed by atoms with Crippen molar-refractivity contribution in [3.05, 3.63) is 15.1 Å². The first-order chi connectivity index (χ1) is 9.02. The molecule has 1 aliphatic carbocycles. The molecule has 0 bridgehead atoms. The molecule has 3 rings (SSSR count). The summed E-state index contributed by atoms with van der Waals surface area (Å²) in [5.74, 6) is -0.160. The number of aliphatic hydroxyl groups excluding tert-OH is 2. The fraction of sp³-hybridized carbons (Fsp3) is 0.500. The highest BCUT2D eigenvalue weighted by Gasteiger charge is 2.42. The van der Waals surface area contributed by atoms with Gasteiger partial charge in [0, 0.05) is 12.5 Å². The monoisotopic (exact) mass is 329 g/mol. The number of halogens is 1. The highest BCUT2D eigenvalue weighted by Crippen LogP contribution is 2.40. The minimum atomic E-state index is -0.694. The highest BCUT2D eigenvalue weighted by molar-refractivity contribution is 9.10. The Morgan fingerprint density at radius 3 is 2.89 bits per heavy atom. The predicted octanol–water partition coefficient (Wildman–Crippen LogP) is -0.622. The molecule has 1 aliphatic rings. The first-order valence-electron chi connectivity index (χ1n) is 5.75. The Morgan fingerprint density at radius 2 is 2.26 bits per heavy atom. The van der Waals surface area contributed by atoms with Crippen molar-refractivity contribution in [3.63, 3.8) is 0 Å². The van der Waals surface area contributed by atoms with Crippen LogP contribution >= 0.6 is 15.9 Å². The number of aromatic amines is 1. The smallest absolute Gasteiger partial charge is 0.280 e. The van der Waals surface area contributed by atoms with E-state index in [0.717, 1.165) is 0 Å². The van der Waals surface area contributed by atoms with Crippen LogP contribution in [-0.4, -0.2) is 42.4 Å². The number of nitrogens with zero attached hydrogens (tertiary/aromatic N) is 3. The SMILES string of the molecule is Nc1nc2c(nc(Br)n2C2CC(CO)C2O)c(=O)[nH]1. The molecule has 1 fully saturated rings. The molecule has 1 saturated carbocycles.